The van der Waals surface area contributed by atoms with Crippen LogP contribution in [0.1, 0.15) is 18.5 Å². The van der Waals surface area contributed by atoms with Gasteiger partial charge in [0, 0.05) is 12.1 Å². The molecule has 10 heteroatoms. The van der Waals surface area contributed by atoms with E-state index in [4.69, 9.17) is 9.88 Å². The number of nitrogens with two attached hydrogens (primary N) is 1. The van der Waals surface area contributed by atoms with E-state index in [1.165, 1.54) is 6.07 Å². The highest BCUT2D eigenvalue weighted by Gasteiger charge is 2.47. The van der Waals surface area contributed by atoms with Crippen LogP contribution in [-0.4, -0.2) is 41.3 Å². The molecule has 1 saturated heterocycles. The van der Waals surface area contributed by atoms with E-state index in [9.17, 15) is 16.8 Å². The van der Waals surface area contributed by atoms with Gasteiger partial charge >= 0.3 is 0 Å². The first-order valence-electron chi connectivity index (χ1n) is 5.98. The molecule has 112 valence electrons. The van der Waals surface area contributed by atoms with Crippen LogP contribution in [0.3, 0.4) is 0 Å². The summed E-state index contributed by atoms with van der Waals surface area (Å²) in [7, 11) is -7.51. The quantitative estimate of drug-likeness (QED) is 0.720. The van der Waals surface area contributed by atoms with Crippen LogP contribution in [0.15, 0.2) is 14.5 Å². The average Bonchev–Trinajstić information content (AvgIpc) is 2.82. The standard InChI is InChI=1S/C10H14N2O5S3/c1-5-9-8(12-2-3-17-9)6-4-7(20(11,15)16)18-10(6)19(5,13)14/h4-5,8-9,12H,2-3H2,1H3,(H2,11,15,16). The number of morpholine rings is 1. The Kier molecular flexibility index (Phi) is 3.23. The number of hydrogen-bond acceptors (Lipinski definition) is 7. The lowest BCUT2D eigenvalue weighted by atomic mass is 10.0. The van der Waals surface area contributed by atoms with Gasteiger partial charge in [0.2, 0.25) is 10.0 Å². The van der Waals surface area contributed by atoms with Crippen molar-refractivity contribution in [1.29, 1.82) is 0 Å². The van der Waals surface area contributed by atoms with Gasteiger partial charge in [-0.05, 0) is 13.0 Å². The first-order valence-corrected chi connectivity index (χ1v) is 9.89. The molecule has 3 rings (SSSR count). The van der Waals surface area contributed by atoms with Gasteiger partial charge < -0.3 is 10.1 Å². The first-order chi connectivity index (χ1) is 9.23. The molecular weight excluding hydrogens is 324 g/mol. The Hall–Kier alpha value is -0.520. The Morgan fingerprint density at radius 2 is 2.20 bits per heavy atom. The Morgan fingerprint density at radius 1 is 1.50 bits per heavy atom. The lowest BCUT2D eigenvalue weighted by molar-refractivity contribution is -0.00696. The maximum Gasteiger partial charge on any atom is 0.247 e. The summed E-state index contributed by atoms with van der Waals surface area (Å²) in [5.74, 6) is 0. The minimum absolute atomic E-state index is 0.0771. The van der Waals surface area contributed by atoms with Crippen LogP contribution in [0.4, 0.5) is 0 Å². The predicted octanol–water partition coefficient (Wildman–Crippen LogP) is -0.399. The molecule has 0 aromatic carbocycles. The summed E-state index contributed by atoms with van der Waals surface area (Å²) in [6, 6.07) is 1.03. The minimum Gasteiger partial charge on any atom is -0.374 e. The van der Waals surface area contributed by atoms with E-state index in [1.54, 1.807) is 6.92 Å². The van der Waals surface area contributed by atoms with Crippen LogP contribution >= 0.6 is 11.3 Å². The molecule has 0 radical (unpaired) electrons. The highest BCUT2D eigenvalue weighted by atomic mass is 32.3. The number of nitrogens with one attached hydrogen (secondary N) is 1. The molecule has 3 unspecified atom stereocenters. The molecule has 0 aliphatic carbocycles. The van der Waals surface area contributed by atoms with Crippen LogP contribution < -0.4 is 10.5 Å². The van der Waals surface area contributed by atoms with Crippen LogP contribution in [0.2, 0.25) is 0 Å². The van der Waals surface area contributed by atoms with E-state index in [-0.39, 0.29) is 14.5 Å². The Morgan fingerprint density at radius 3 is 2.85 bits per heavy atom. The first kappa shape index (κ1) is 14.4. The highest BCUT2D eigenvalue weighted by Crippen LogP contribution is 2.44. The number of sulfone groups is 1. The number of ether oxygens (including phenoxy) is 1. The fourth-order valence-corrected chi connectivity index (χ4v) is 7.07. The number of sulfonamides is 1. The third-order valence-corrected chi connectivity index (χ3v) is 8.95. The SMILES string of the molecule is CC1C2OCCNC2c2cc(S(N)(=O)=O)sc2S1(=O)=O. The largest absolute Gasteiger partial charge is 0.374 e. The van der Waals surface area contributed by atoms with Gasteiger partial charge in [-0.25, -0.2) is 22.0 Å². The molecule has 7 nitrogen and oxygen atoms in total. The summed E-state index contributed by atoms with van der Waals surface area (Å²) in [6.07, 6.45) is -0.510. The number of hydrogen-bond donors (Lipinski definition) is 2. The topological polar surface area (TPSA) is 116 Å². The maximum atomic E-state index is 12.5. The molecule has 2 aliphatic heterocycles. The average molecular weight is 338 g/mol. The summed E-state index contributed by atoms with van der Waals surface area (Å²) in [5, 5.41) is 7.57. The van der Waals surface area contributed by atoms with Crippen molar-refractivity contribution >= 4 is 31.2 Å². The van der Waals surface area contributed by atoms with Crippen LogP contribution in [0, 0.1) is 0 Å². The van der Waals surface area contributed by atoms with Gasteiger partial charge in [-0.15, -0.1) is 11.3 Å². The van der Waals surface area contributed by atoms with Crippen LogP contribution in [0.5, 0.6) is 0 Å². The van der Waals surface area contributed by atoms with Gasteiger partial charge in [-0.2, -0.15) is 0 Å². The van der Waals surface area contributed by atoms with E-state index in [0.717, 1.165) is 0 Å². The molecule has 0 spiro atoms. The molecule has 0 saturated carbocycles. The molecule has 1 fully saturated rings. The molecule has 0 bridgehead atoms. The van der Waals surface area contributed by atoms with Gasteiger partial charge in [0.05, 0.1) is 24.0 Å². The van der Waals surface area contributed by atoms with Crippen molar-refractivity contribution in [3.8, 4) is 0 Å². The van der Waals surface area contributed by atoms with E-state index >= 15 is 0 Å². The zero-order valence-corrected chi connectivity index (χ0v) is 13.0. The normalized spacial score (nSPS) is 32.4. The van der Waals surface area contributed by atoms with Crippen LogP contribution in [0.25, 0.3) is 0 Å². The third-order valence-electron chi connectivity index (χ3n) is 3.63. The molecular formula is C10H14N2O5S3. The van der Waals surface area contributed by atoms with Crippen molar-refractivity contribution < 1.29 is 21.6 Å². The van der Waals surface area contributed by atoms with Gasteiger partial charge in [-0.1, -0.05) is 0 Å². The zero-order chi connectivity index (χ0) is 14.7. The highest BCUT2D eigenvalue weighted by molar-refractivity contribution is 7.95. The van der Waals surface area contributed by atoms with Crippen molar-refractivity contribution in [2.24, 2.45) is 5.14 Å². The monoisotopic (exact) mass is 338 g/mol. The molecule has 1 aromatic heterocycles. The van der Waals surface area contributed by atoms with Crippen molar-refractivity contribution in [2.75, 3.05) is 13.2 Å². The van der Waals surface area contributed by atoms with E-state index in [1.807, 2.05) is 0 Å². The maximum absolute atomic E-state index is 12.5. The number of rotatable bonds is 1. The second-order valence-corrected chi connectivity index (χ2v) is 10.2. The fourth-order valence-electron chi connectivity index (χ4n) is 2.61. The summed E-state index contributed by atoms with van der Waals surface area (Å²) in [6.45, 7) is 2.61. The van der Waals surface area contributed by atoms with Crippen molar-refractivity contribution in [3.63, 3.8) is 0 Å². The second-order valence-electron chi connectivity index (χ2n) is 4.87. The van der Waals surface area contributed by atoms with Gasteiger partial charge in [0.1, 0.15) is 8.42 Å². The molecule has 3 atom stereocenters. The smallest absolute Gasteiger partial charge is 0.247 e. The minimum atomic E-state index is -3.92. The Bertz CT molecular complexity index is 752. The van der Waals surface area contributed by atoms with Crippen molar-refractivity contribution in [2.45, 2.75) is 32.7 Å². The van der Waals surface area contributed by atoms with Gasteiger partial charge in [0.25, 0.3) is 0 Å². The Balaban J connectivity index is 2.24. The van der Waals surface area contributed by atoms with Gasteiger partial charge in [-0.3, -0.25) is 0 Å². The van der Waals surface area contributed by atoms with Crippen molar-refractivity contribution in [3.05, 3.63) is 11.6 Å². The molecule has 1 aromatic rings. The Labute approximate surface area is 121 Å². The summed E-state index contributed by atoms with van der Waals surface area (Å²) >= 11 is 0.712. The molecule has 3 heterocycles. The molecule has 3 N–H and O–H groups in total. The second kappa shape index (κ2) is 4.49. The lowest BCUT2D eigenvalue weighted by Gasteiger charge is -2.39. The number of primary sulfonamides is 1. The lowest BCUT2D eigenvalue weighted by Crippen LogP contribution is -2.52. The van der Waals surface area contributed by atoms with E-state index in [2.05, 4.69) is 5.32 Å². The van der Waals surface area contributed by atoms with E-state index in [0.29, 0.717) is 30.1 Å². The molecule has 0 amide bonds. The summed E-state index contributed by atoms with van der Waals surface area (Å²) < 4.78 is 53.3. The summed E-state index contributed by atoms with van der Waals surface area (Å²) in [5.41, 5.74) is 0.446. The molecule has 2 aliphatic rings. The number of fused-ring (bicyclic) bond motifs is 3. The summed E-state index contributed by atoms with van der Waals surface area (Å²) in [4.78, 5) is 0. The van der Waals surface area contributed by atoms with Gasteiger partial charge in [0.15, 0.2) is 9.84 Å². The van der Waals surface area contributed by atoms with Crippen molar-refractivity contribution in [1.82, 2.24) is 5.32 Å². The predicted molar refractivity (Wildman–Crippen MR) is 72.8 cm³/mol. The number of thiophene rings is 1. The van der Waals surface area contributed by atoms with Crippen LogP contribution in [-0.2, 0) is 24.6 Å². The third kappa shape index (κ3) is 2.02. The fraction of sp³-hybridized carbons (Fsp3) is 0.600. The zero-order valence-electron chi connectivity index (χ0n) is 10.6. The van der Waals surface area contributed by atoms with E-state index < -0.39 is 31.2 Å². The molecule has 20 heavy (non-hydrogen) atoms.